The van der Waals surface area contributed by atoms with Crippen molar-refractivity contribution in [2.45, 2.75) is 20.4 Å². The van der Waals surface area contributed by atoms with Gasteiger partial charge in [0.15, 0.2) is 0 Å². The van der Waals surface area contributed by atoms with E-state index in [-0.39, 0.29) is 0 Å². The lowest BCUT2D eigenvalue weighted by molar-refractivity contribution is 0.635. The van der Waals surface area contributed by atoms with Crippen molar-refractivity contribution in [1.82, 2.24) is 15.0 Å². The van der Waals surface area contributed by atoms with Crippen molar-refractivity contribution >= 4 is 5.82 Å². The number of anilines is 1. The van der Waals surface area contributed by atoms with E-state index in [0.717, 1.165) is 23.4 Å². The molecule has 0 aliphatic rings. The van der Waals surface area contributed by atoms with Crippen LogP contribution in [0.5, 0.6) is 0 Å². The van der Waals surface area contributed by atoms with E-state index in [1.165, 1.54) is 0 Å². The molecule has 1 heterocycles. The smallest absolute Gasteiger partial charge is 0.150 e. The van der Waals surface area contributed by atoms with Crippen LogP contribution < -0.4 is 5.73 Å². The van der Waals surface area contributed by atoms with Gasteiger partial charge in [0.1, 0.15) is 11.5 Å². The first-order chi connectivity index (χ1) is 7.24. The topological polar surface area (TPSA) is 56.7 Å². The van der Waals surface area contributed by atoms with E-state index < -0.39 is 0 Å². The second-order valence-corrected chi connectivity index (χ2v) is 3.45. The third kappa shape index (κ3) is 1.58. The maximum atomic E-state index is 5.95. The molecule has 2 aromatic rings. The number of nitrogens with two attached hydrogens (primary N) is 1. The van der Waals surface area contributed by atoms with Crippen LogP contribution in [0.1, 0.15) is 12.5 Å². The Hall–Kier alpha value is -1.84. The van der Waals surface area contributed by atoms with Crippen LogP contribution in [-0.4, -0.2) is 15.0 Å². The molecular weight excluding hydrogens is 188 g/mol. The molecule has 0 fully saturated rings. The summed E-state index contributed by atoms with van der Waals surface area (Å²) in [5, 5.41) is 8.10. The molecular formula is C11H14N4. The van der Waals surface area contributed by atoms with Crippen molar-refractivity contribution in [2.75, 3.05) is 5.73 Å². The largest absolute Gasteiger partial charge is 0.382 e. The highest BCUT2D eigenvalue weighted by molar-refractivity contribution is 5.72. The predicted octanol–water partition coefficient (Wildman–Crippen LogP) is 1.86. The third-order valence-corrected chi connectivity index (χ3v) is 2.47. The van der Waals surface area contributed by atoms with Gasteiger partial charge in [-0.1, -0.05) is 29.5 Å². The Morgan fingerprint density at radius 2 is 2.07 bits per heavy atom. The average Bonchev–Trinajstić information content (AvgIpc) is 2.60. The van der Waals surface area contributed by atoms with Crippen LogP contribution in [0.4, 0.5) is 5.82 Å². The van der Waals surface area contributed by atoms with Crippen molar-refractivity contribution in [2.24, 2.45) is 0 Å². The summed E-state index contributed by atoms with van der Waals surface area (Å²) in [5.74, 6) is 0.631. The monoisotopic (exact) mass is 202 g/mol. The third-order valence-electron chi connectivity index (χ3n) is 2.47. The normalized spacial score (nSPS) is 10.5. The van der Waals surface area contributed by atoms with Crippen LogP contribution in [0.2, 0.25) is 0 Å². The summed E-state index contributed by atoms with van der Waals surface area (Å²) in [6, 6.07) is 8.03. The highest BCUT2D eigenvalue weighted by Gasteiger charge is 2.11. The van der Waals surface area contributed by atoms with Crippen LogP contribution in [0.3, 0.4) is 0 Å². The number of hydrogen-bond donors (Lipinski definition) is 1. The fraction of sp³-hybridized carbons (Fsp3) is 0.273. The van der Waals surface area contributed by atoms with Crippen molar-refractivity contribution in [3.63, 3.8) is 0 Å². The van der Waals surface area contributed by atoms with Crippen molar-refractivity contribution in [1.29, 1.82) is 0 Å². The minimum Gasteiger partial charge on any atom is -0.382 e. The van der Waals surface area contributed by atoms with E-state index in [1.807, 2.05) is 38.1 Å². The summed E-state index contributed by atoms with van der Waals surface area (Å²) in [5.41, 5.74) is 8.94. The predicted molar refractivity (Wildman–Crippen MR) is 60.3 cm³/mol. The van der Waals surface area contributed by atoms with Gasteiger partial charge in [0.25, 0.3) is 0 Å². The minimum absolute atomic E-state index is 0.631. The van der Waals surface area contributed by atoms with Crippen molar-refractivity contribution in [3.8, 4) is 11.3 Å². The Kier molecular flexibility index (Phi) is 2.41. The summed E-state index contributed by atoms with van der Waals surface area (Å²) in [4.78, 5) is 0. The maximum absolute atomic E-state index is 5.95. The quantitative estimate of drug-likeness (QED) is 0.808. The van der Waals surface area contributed by atoms with Gasteiger partial charge in [-0.3, -0.25) is 0 Å². The molecule has 0 amide bonds. The molecule has 78 valence electrons. The van der Waals surface area contributed by atoms with Crippen molar-refractivity contribution < 1.29 is 0 Å². The molecule has 2 N–H and O–H groups in total. The zero-order valence-electron chi connectivity index (χ0n) is 8.94. The number of aromatic nitrogens is 3. The summed E-state index contributed by atoms with van der Waals surface area (Å²) in [7, 11) is 0. The Balaban J connectivity index is 2.55. The van der Waals surface area contributed by atoms with Crippen LogP contribution in [0.25, 0.3) is 11.3 Å². The molecule has 0 atom stereocenters. The van der Waals surface area contributed by atoms with E-state index >= 15 is 0 Å². The Morgan fingerprint density at radius 1 is 1.33 bits per heavy atom. The maximum Gasteiger partial charge on any atom is 0.150 e. The lowest BCUT2D eigenvalue weighted by Crippen LogP contribution is -2.02. The number of nitrogen functional groups attached to an aromatic ring is 1. The standard InChI is InChI=1S/C11H14N4/c1-3-15-11(12)10(13-14-15)9-7-5-4-6-8(9)2/h4-7H,3,12H2,1-2H3. The van der Waals surface area contributed by atoms with Gasteiger partial charge in [-0.2, -0.15) is 0 Å². The van der Waals surface area contributed by atoms with E-state index in [0.29, 0.717) is 5.82 Å². The van der Waals surface area contributed by atoms with Crippen LogP contribution >= 0.6 is 0 Å². The highest BCUT2D eigenvalue weighted by atomic mass is 15.4. The fourth-order valence-electron chi connectivity index (χ4n) is 1.58. The second kappa shape index (κ2) is 3.73. The molecule has 0 aliphatic carbocycles. The molecule has 2 rings (SSSR count). The van der Waals surface area contributed by atoms with Gasteiger partial charge >= 0.3 is 0 Å². The van der Waals surface area contributed by atoms with Crippen molar-refractivity contribution in [3.05, 3.63) is 29.8 Å². The fourth-order valence-corrected chi connectivity index (χ4v) is 1.58. The minimum atomic E-state index is 0.631. The summed E-state index contributed by atoms with van der Waals surface area (Å²) in [6.07, 6.45) is 0. The molecule has 4 nitrogen and oxygen atoms in total. The van der Waals surface area contributed by atoms with Gasteiger partial charge in [0.2, 0.25) is 0 Å². The summed E-state index contributed by atoms with van der Waals surface area (Å²) >= 11 is 0. The van der Waals surface area contributed by atoms with E-state index in [9.17, 15) is 0 Å². The molecule has 1 aromatic carbocycles. The zero-order chi connectivity index (χ0) is 10.8. The van der Waals surface area contributed by atoms with Gasteiger partial charge in [-0.25, -0.2) is 4.68 Å². The molecule has 0 bridgehead atoms. The second-order valence-electron chi connectivity index (χ2n) is 3.45. The number of hydrogen-bond acceptors (Lipinski definition) is 3. The van der Waals surface area contributed by atoms with Gasteiger partial charge in [-0.15, -0.1) is 5.10 Å². The summed E-state index contributed by atoms with van der Waals surface area (Å²) in [6.45, 7) is 4.77. The van der Waals surface area contributed by atoms with E-state index in [1.54, 1.807) is 4.68 Å². The number of rotatable bonds is 2. The van der Waals surface area contributed by atoms with E-state index in [4.69, 9.17) is 5.73 Å². The molecule has 15 heavy (non-hydrogen) atoms. The Bertz CT molecular complexity index is 473. The lowest BCUT2D eigenvalue weighted by Gasteiger charge is -2.03. The Morgan fingerprint density at radius 3 is 2.67 bits per heavy atom. The Labute approximate surface area is 88.7 Å². The van der Waals surface area contributed by atoms with Crippen LogP contribution in [0.15, 0.2) is 24.3 Å². The molecule has 0 spiro atoms. The van der Waals surface area contributed by atoms with Gasteiger partial charge in [0, 0.05) is 12.1 Å². The van der Waals surface area contributed by atoms with Gasteiger partial charge in [0.05, 0.1) is 0 Å². The first-order valence-electron chi connectivity index (χ1n) is 4.99. The SMILES string of the molecule is CCn1nnc(-c2ccccc2C)c1N. The van der Waals surface area contributed by atoms with Gasteiger partial charge < -0.3 is 5.73 Å². The molecule has 0 saturated heterocycles. The van der Waals surface area contributed by atoms with Crippen LogP contribution in [0, 0.1) is 6.92 Å². The molecule has 0 radical (unpaired) electrons. The number of benzene rings is 1. The molecule has 0 unspecified atom stereocenters. The average molecular weight is 202 g/mol. The number of nitrogens with zero attached hydrogens (tertiary/aromatic N) is 3. The molecule has 0 aliphatic heterocycles. The zero-order valence-corrected chi connectivity index (χ0v) is 8.94. The molecule has 1 aromatic heterocycles. The van der Waals surface area contributed by atoms with E-state index in [2.05, 4.69) is 10.3 Å². The molecule has 0 saturated carbocycles. The van der Waals surface area contributed by atoms with Crippen LogP contribution in [-0.2, 0) is 6.54 Å². The lowest BCUT2D eigenvalue weighted by atomic mass is 10.1. The first kappa shape index (κ1) is 9.71. The van der Waals surface area contributed by atoms with Gasteiger partial charge in [-0.05, 0) is 19.4 Å². The first-order valence-corrected chi connectivity index (χ1v) is 4.99. The summed E-state index contributed by atoms with van der Waals surface area (Å²) < 4.78 is 1.70. The number of aryl methyl sites for hydroxylation is 2. The highest BCUT2D eigenvalue weighted by Crippen LogP contribution is 2.25. The molecule has 4 heteroatoms.